The summed E-state index contributed by atoms with van der Waals surface area (Å²) >= 11 is 0. The summed E-state index contributed by atoms with van der Waals surface area (Å²) in [4.78, 5) is 2.40. The molecule has 1 aromatic carbocycles. The molecule has 1 aliphatic carbocycles. The van der Waals surface area contributed by atoms with Gasteiger partial charge in [-0.15, -0.1) is 0 Å². The lowest BCUT2D eigenvalue weighted by atomic mass is 10.1. The Balaban J connectivity index is 2.14. The molecular formula is C17H28N2O. The zero-order valence-corrected chi connectivity index (χ0v) is 13.1. The van der Waals surface area contributed by atoms with Gasteiger partial charge in [-0.1, -0.05) is 25.7 Å². The minimum absolute atomic E-state index is 0.149. The Labute approximate surface area is 123 Å². The van der Waals surface area contributed by atoms with Crippen molar-refractivity contribution in [1.29, 1.82) is 0 Å². The lowest BCUT2D eigenvalue weighted by Crippen LogP contribution is -2.31. The van der Waals surface area contributed by atoms with E-state index in [9.17, 15) is 0 Å². The van der Waals surface area contributed by atoms with E-state index in [2.05, 4.69) is 24.1 Å². The second-order valence-corrected chi connectivity index (χ2v) is 6.15. The molecule has 0 unspecified atom stereocenters. The third kappa shape index (κ3) is 3.81. The number of nitrogen functional groups attached to an aromatic ring is 1. The number of benzene rings is 1. The van der Waals surface area contributed by atoms with Gasteiger partial charge in [-0.3, -0.25) is 0 Å². The number of nitrogens with two attached hydrogens (primary N) is 1. The topological polar surface area (TPSA) is 38.5 Å². The molecule has 20 heavy (non-hydrogen) atoms. The fourth-order valence-corrected chi connectivity index (χ4v) is 2.95. The smallest absolute Gasteiger partial charge is 0.144 e. The Morgan fingerprint density at radius 2 is 1.80 bits per heavy atom. The molecule has 0 atom stereocenters. The molecule has 1 aliphatic rings. The Kier molecular flexibility index (Phi) is 5.16. The van der Waals surface area contributed by atoms with E-state index in [1.807, 2.05) is 19.9 Å². The molecular weight excluding hydrogens is 248 g/mol. The van der Waals surface area contributed by atoms with Crippen molar-refractivity contribution in [3.8, 4) is 5.75 Å². The van der Waals surface area contributed by atoms with Gasteiger partial charge >= 0.3 is 0 Å². The van der Waals surface area contributed by atoms with Gasteiger partial charge in [0.05, 0.1) is 11.8 Å². The van der Waals surface area contributed by atoms with Crippen LogP contribution in [-0.2, 0) is 0 Å². The summed E-state index contributed by atoms with van der Waals surface area (Å²) in [5.74, 6) is 0.804. The lowest BCUT2D eigenvalue weighted by molar-refractivity contribution is 0.244. The Morgan fingerprint density at radius 1 is 1.15 bits per heavy atom. The molecule has 2 rings (SSSR count). The van der Waals surface area contributed by atoms with Gasteiger partial charge in [0.25, 0.3) is 0 Å². The van der Waals surface area contributed by atoms with Crippen molar-refractivity contribution in [2.24, 2.45) is 0 Å². The van der Waals surface area contributed by atoms with Crippen molar-refractivity contribution >= 4 is 11.4 Å². The Morgan fingerprint density at radius 3 is 2.40 bits per heavy atom. The second-order valence-electron chi connectivity index (χ2n) is 6.15. The summed E-state index contributed by atoms with van der Waals surface area (Å²) in [6.45, 7) is 4.06. The molecule has 0 bridgehead atoms. The maximum Gasteiger partial charge on any atom is 0.144 e. The highest BCUT2D eigenvalue weighted by atomic mass is 16.5. The van der Waals surface area contributed by atoms with Gasteiger partial charge in [0.1, 0.15) is 5.75 Å². The average molecular weight is 276 g/mol. The normalized spacial score (nSPS) is 17.0. The van der Waals surface area contributed by atoms with Crippen LogP contribution in [0.15, 0.2) is 18.2 Å². The van der Waals surface area contributed by atoms with Crippen LogP contribution < -0.4 is 15.4 Å². The first-order valence-electron chi connectivity index (χ1n) is 7.87. The van der Waals surface area contributed by atoms with Gasteiger partial charge < -0.3 is 15.4 Å². The average Bonchev–Trinajstić information content (AvgIpc) is 2.69. The summed E-state index contributed by atoms with van der Waals surface area (Å²) in [6.07, 6.45) is 8.19. The molecule has 0 heterocycles. The summed E-state index contributed by atoms with van der Waals surface area (Å²) < 4.78 is 5.80. The zero-order chi connectivity index (χ0) is 14.5. The first kappa shape index (κ1) is 15.0. The first-order valence-corrected chi connectivity index (χ1v) is 7.87. The highest BCUT2D eigenvalue weighted by molar-refractivity contribution is 5.62. The summed E-state index contributed by atoms with van der Waals surface area (Å²) in [7, 11) is 2.20. The minimum atomic E-state index is 0.149. The third-order valence-corrected chi connectivity index (χ3v) is 4.14. The molecule has 1 aromatic rings. The number of rotatable bonds is 4. The maximum absolute atomic E-state index is 6.00. The number of nitrogens with zero attached hydrogens (tertiary/aromatic N) is 1. The molecule has 0 amide bonds. The Bertz CT molecular complexity index is 423. The van der Waals surface area contributed by atoms with Gasteiger partial charge in [0, 0.05) is 24.8 Å². The van der Waals surface area contributed by atoms with E-state index in [0.29, 0.717) is 6.04 Å². The van der Waals surface area contributed by atoms with Gasteiger partial charge in [-0.2, -0.15) is 0 Å². The van der Waals surface area contributed by atoms with Gasteiger partial charge in [0.2, 0.25) is 0 Å². The molecule has 1 saturated carbocycles. The molecule has 2 N–H and O–H groups in total. The van der Waals surface area contributed by atoms with Crippen LogP contribution in [0.2, 0.25) is 0 Å². The number of ether oxygens (including phenoxy) is 1. The van der Waals surface area contributed by atoms with Crippen LogP contribution in [0.25, 0.3) is 0 Å². The molecule has 112 valence electrons. The SMILES string of the molecule is CC(C)Oc1cc(N(C)C2CCCCCC2)ccc1N. The fraction of sp³-hybridized carbons (Fsp3) is 0.647. The van der Waals surface area contributed by atoms with E-state index < -0.39 is 0 Å². The van der Waals surface area contributed by atoms with E-state index in [0.717, 1.165) is 11.4 Å². The van der Waals surface area contributed by atoms with Crippen LogP contribution in [0.3, 0.4) is 0 Å². The van der Waals surface area contributed by atoms with E-state index in [1.54, 1.807) is 0 Å². The summed E-state index contributed by atoms with van der Waals surface area (Å²) in [5, 5.41) is 0. The molecule has 3 heteroatoms. The largest absolute Gasteiger partial charge is 0.489 e. The second kappa shape index (κ2) is 6.87. The zero-order valence-electron chi connectivity index (χ0n) is 13.1. The van der Waals surface area contributed by atoms with Crippen molar-refractivity contribution < 1.29 is 4.74 Å². The van der Waals surface area contributed by atoms with Gasteiger partial charge in [-0.05, 0) is 38.8 Å². The molecule has 0 spiro atoms. The predicted octanol–water partition coefficient (Wildman–Crippen LogP) is 4.22. The van der Waals surface area contributed by atoms with Crippen LogP contribution in [0.5, 0.6) is 5.75 Å². The minimum Gasteiger partial charge on any atom is -0.489 e. The molecule has 1 fully saturated rings. The van der Waals surface area contributed by atoms with E-state index in [-0.39, 0.29) is 6.10 Å². The van der Waals surface area contributed by atoms with E-state index >= 15 is 0 Å². The number of anilines is 2. The monoisotopic (exact) mass is 276 g/mol. The van der Waals surface area contributed by atoms with Crippen molar-refractivity contribution in [2.75, 3.05) is 17.7 Å². The molecule has 0 aliphatic heterocycles. The lowest BCUT2D eigenvalue weighted by Gasteiger charge is -2.30. The van der Waals surface area contributed by atoms with Crippen LogP contribution in [0.4, 0.5) is 11.4 Å². The highest BCUT2D eigenvalue weighted by Crippen LogP contribution is 2.31. The van der Waals surface area contributed by atoms with Crippen molar-refractivity contribution in [3.63, 3.8) is 0 Å². The standard InChI is InChI=1S/C17H28N2O/c1-13(2)20-17-12-15(10-11-16(17)18)19(3)14-8-6-4-5-7-9-14/h10-14H,4-9,18H2,1-3H3. The van der Waals surface area contributed by atoms with E-state index in [1.165, 1.54) is 44.2 Å². The summed E-state index contributed by atoms with van der Waals surface area (Å²) in [6, 6.07) is 6.79. The number of hydrogen-bond acceptors (Lipinski definition) is 3. The maximum atomic E-state index is 6.00. The van der Waals surface area contributed by atoms with Crippen molar-refractivity contribution in [1.82, 2.24) is 0 Å². The van der Waals surface area contributed by atoms with Crippen LogP contribution in [-0.4, -0.2) is 19.2 Å². The highest BCUT2D eigenvalue weighted by Gasteiger charge is 2.18. The molecule has 3 nitrogen and oxygen atoms in total. The molecule has 0 saturated heterocycles. The summed E-state index contributed by atoms with van der Waals surface area (Å²) in [5.41, 5.74) is 7.93. The number of hydrogen-bond donors (Lipinski definition) is 1. The molecule has 0 aromatic heterocycles. The van der Waals surface area contributed by atoms with Crippen LogP contribution in [0, 0.1) is 0 Å². The van der Waals surface area contributed by atoms with Crippen molar-refractivity contribution in [3.05, 3.63) is 18.2 Å². The molecule has 0 radical (unpaired) electrons. The van der Waals surface area contributed by atoms with E-state index in [4.69, 9.17) is 10.5 Å². The fourth-order valence-electron chi connectivity index (χ4n) is 2.95. The first-order chi connectivity index (χ1) is 9.58. The van der Waals surface area contributed by atoms with Crippen molar-refractivity contribution in [2.45, 2.75) is 64.5 Å². The van der Waals surface area contributed by atoms with Crippen LogP contribution in [0.1, 0.15) is 52.4 Å². The predicted molar refractivity (Wildman–Crippen MR) is 86.5 cm³/mol. The van der Waals surface area contributed by atoms with Crippen LogP contribution >= 0.6 is 0 Å². The van der Waals surface area contributed by atoms with Gasteiger partial charge in [0.15, 0.2) is 0 Å². The van der Waals surface area contributed by atoms with Gasteiger partial charge in [-0.25, -0.2) is 0 Å². The Hall–Kier alpha value is -1.38. The third-order valence-electron chi connectivity index (χ3n) is 4.14. The quantitative estimate of drug-likeness (QED) is 0.661.